The summed E-state index contributed by atoms with van der Waals surface area (Å²) in [4.78, 5) is 4.27. The average Bonchev–Trinajstić information content (AvgIpc) is 2.95. The first-order valence-corrected chi connectivity index (χ1v) is 5.21. The Morgan fingerprint density at radius 2 is 2.36 bits per heavy atom. The monoisotopic (exact) mass is 191 g/mol. The molecule has 1 aliphatic rings. The van der Waals surface area contributed by atoms with Crippen LogP contribution in [0.1, 0.15) is 24.8 Å². The number of aromatic nitrogens is 1. The molecule has 1 aromatic heterocycles. The molecule has 0 saturated heterocycles. The molecule has 1 aliphatic carbocycles. The van der Waals surface area contributed by atoms with Crippen LogP contribution in [0, 0.1) is 12.8 Å². The minimum atomic E-state index is 0.814. The van der Waals surface area contributed by atoms with Crippen molar-refractivity contribution < 1.29 is 0 Å². The van der Waals surface area contributed by atoms with E-state index in [9.17, 15) is 0 Å². The molecule has 0 aliphatic heterocycles. The highest BCUT2D eigenvalue weighted by molar-refractivity contribution is 5.53. The van der Waals surface area contributed by atoms with Crippen molar-refractivity contribution in [2.75, 3.05) is 17.6 Å². The summed E-state index contributed by atoms with van der Waals surface area (Å²) >= 11 is 0. The van der Waals surface area contributed by atoms with Gasteiger partial charge in [-0.15, -0.1) is 0 Å². The molecule has 3 N–H and O–H groups in total. The third-order valence-corrected chi connectivity index (χ3v) is 2.70. The molecule has 0 atom stereocenters. The van der Waals surface area contributed by atoms with Gasteiger partial charge >= 0.3 is 0 Å². The molecule has 2 rings (SSSR count). The summed E-state index contributed by atoms with van der Waals surface area (Å²) in [6, 6.07) is 1.90. The lowest BCUT2D eigenvalue weighted by Gasteiger charge is -2.06. The van der Waals surface area contributed by atoms with E-state index < -0.39 is 0 Å². The van der Waals surface area contributed by atoms with Crippen LogP contribution in [0.3, 0.4) is 0 Å². The number of nitrogens with zero attached hydrogens (tertiary/aromatic N) is 1. The maximum atomic E-state index is 5.78. The first kappa shape index (κ1) is 9.31. The van der Waals surface area contributed by atoms with E-state index >= 15 is 0 Å². The third kappa shape index (κ3) is 2.37. The van der Waals surface area contributed by atoms with Crippen molar-refractivity contribution in [1.29, 1.82) is 0 Å². The predicted molar refractivity (Wildman–Crippen MR) is 59.2 cm³/mol. The molecule has 3 nitrogen and oxygen atoms in total. The van der Waals surface area contributed by atoms with Crippen molar-refractivity contribution in [3.63, 3.8) is 0 Å². The Kier molecular flexibility index (Phi) is 2.57. The molecule has 0 aromatic carbocycles. The summed E-state index contributed by atoms with van der Waals surface area (Å²) in [5.41, 5.74) is 7.64. The zero-order valence-corrected chi connectivity index (χ0v) is 8.59. The maximum Gasteiger partial charge on any atom is 0.127 e. The highest BCUT2D eigenvalue weighted by atomic mass is 15.0. The van der Waals surface area contributed by atoms with E-state index in [2.05, 4.69) is 10.3 Å². The van der Waals surface area contributed by atoms with Crippen molar-refractivity contribution in [1.82, 2.24) is 4.98 Å². The Hall–Kier alpha value is -1.25. The highest BCUT2D eigenvalue weighted by Crippen LogP contribution is 2.32. The number of nitrogens with two attached hydrogens (primary N) is 1. The Bertz CT molecular complexity index is 318. The standard InChI is InChI=1S/C11H17N3/c1-8-7-14-11(6-10(8)12)13-5-4-9-2-3-9/h6-7,9H,2-5H2,1H3,(H3,12,13,14). The smallest absolute Gasteiger partial charge is 0.127 e. The summed E-state index contributed by atoms with van der Waals surface area (Å²) in [6.45, 7) is 2.98. The Balaban J connectivity index is 1.85. The second kappa shape index (κ2) is 3.86. The van der Waals surface area contributed by atoms with E-state index in [1.54, 1.807) is 0 Å². The van der Waals surface area contributed by atoms with E-state index in [1.807, 2.05) is 19.2 Å². The average molecular weight is 191 g/mol. The first-order chi connectivity index (χ1) is 6.75. The lowest BCUT2D eigenvalue weighted by Crippen LogP contribution is -2.05. The van der Waals surface area contributed by atoms with Crippen LogP contribution in [0.4, 0.5) is 11.5 Å². The van der Waals surface area contributed by atoms with E-state index in [0.29, 0.717) is 0 Å². The van der Waals surface area contributed by atoms with Gasteiger partial charge in [-0.1, -0.05) is 12.8 Å². The molecule has 0 bridgehead atoms. The molecule has 14 heavy (non-hydrogen) atoms. The van der Waals surface area contributed by atoms with Crippen molar-refractivity contribution in [3.8, 4) is 0 Å². The van der Waals surface area contributed by atoms with Gasteiger partial charge in [0.25, 0.3) is 0 Å². The third-order valence-electron chi connectivity index (χ3n) is 2.70. The molecular formula is C11H17N3. The van der Waals surface area contributed by atoms with Crippen LogP contribution in [0.25, 0.3) is 0 Å². The topological polar surface area (TPSA) is 50.9 Å². The summed E-state index contributed by atoms with van der Waals surface area (Å²) in [5, 5.41) is 3.29. The quantitative estimate of drug-likeness (QED) is 0.767. The molecule has 0 amide bonds. The van der Waals surface area contributed by atoms with Crippen molar-refractivity contribution in [2.45, 2.75) is 26.2 Å². The summed E-state index contributed by atoms with van der Waals surface area (Å²) in [6.07, 6.45) is 5.89. The van der Waals surface area contributed by atoms with Gasteiger partial charge in [-0.2, -0.15) is 0 Å². The van der Waals surface area contributed by atoms with Gasteiger partial charge < -0.3 is 11.1 Å². The molecule has 0 radical (unpaired) electrons. The first-order valence-electron chi connectivity index (χ1n) is 5.21. The lowest BCUT2D eigenvalue weighted by molar-refractivity contribution is 0.758. The Morgan fingerprint density at radius 3 is 3.00 bits per heavy atom. The molecule has 0 spiro atoms. The molecule has 1 aromatic rings. The second-order valence-corrected chi connectivity index (χ2v) is 4.08. The lowest BCUT2D eigenvalue weighted by atomic mass is 10.2. The number of nitrogen functional groups attached to an aromatic ring is 1. The summed E-state index contributed by atoms with van der Waals surface area (Å²) in [5.74, 6) is 1.86. The van der Waals surface area contributed by atoms with Gasteiger partial charge in [0.15, 0.2) is 0 Å². The van der Waals surface area contributed by atoms with Crippen LogP contribution in [0.15, 0.2) is 12.3 Å². The van der Waals surface area contributed by atoms with Gasteiger partial charge in [0.05, 0.1) is 0 Å². The van der Waals surface area contributed by atoms with Gasteiger partial charge in [-0.25, -0.2) is 4.98 Å². The fraction of sp³-hybridized carbons (Fsp3) is 0.545. The van der Waals surface area contributed by atoms with Crippen LogP contribution in [-0.4, -0.2) is 11.5 Å². The molecule has 1 fully saturated rings. The molecular weight excluding hydrogens is 174 g/mol. The molecule has 76 valence electrons. The Morgan fingerprint density at radius 1 is 1.57 bits per heavy atom. The molecule has 3 heteroatoms. The van der Waals surface area contributed by atoms with Gasteiger partial charge in [0.2, 0.25) is 0 Å². The van der Waals surface area contributed by atoms with Crippen molar-refractivity contribution in [2.24, 2.45) is 5.92 Å². The molecule has 0 unspecified atom stereocenters. The number of hydrogen-bond donors (Lipinski definition) is 2. The minimum Gasteiger partial charge on any atom is -0.398 e. The summed E-state index contributed by atoms with van der Waals surface area (Å²) < 4.78 is 0. The van der Waals surface area contributed by atoms with E-state index in [4.69, 9.17) is 5.73 Å². The van der Waals surface area contributed by atoms with Crippen molar-refractivity contribution in [3.05, 3.63) is 17.8 Å². The number of hydrogen-bond acceptors (Lipinski definition) is 3. The number of rotatable bonds is 4. The van der Waals surface area contributed by atoms with E-state index in [1.165, 1.54) is 19.3 Å². The second-order valence-electron chi connectivity index (χ2n) is 4.08. The number of pyridine rings is 1. The predicted octanol–water partition coefficient (Wildman–Crippen LogP) is 2.18. The number of nitrogens with one attached hydrogen (secondary N) is 1. The largest absolute Gasteiger partial charge is 0.398 e. The molecule has 1 saturated carbocycles. The van der Waals surface area contributed by atoms with Crippen LogP contribution < -0.4 is 11.1 Å². The van der Waals surface area contributed by atoms with Gasteiger partial charge in [0.1, 0.15) is 5.82 Å². The fourth-order valence-electron chi connectivity index (χ4n) is 1.45. The van der Waals surface area contributed by atoms with Gasteiger partial charge in [-0.05, 0) is 24.8 Å². The Labute approximate surface area is 84.7 Å². The summed E-state index contributed by atoms with van der Waals surface area (Å²) in [7, 11) is 0. The van der Waals surface area contributed by atoms with Gasteiger partial charge in [-0.3, -0.25) is 0 Å². The van der Waals surface area contributed by atoms with Gasteiger partial charge in [0, 0.05) is 24.5 Å². The number of anilines is 2. The van der Waals surface area contributed by atoms with Crippen molar-refractivity contribution >= 4 is 11.5 Å². The van der Waals surface area contributed by atoms with E-state index in [-0.39, 0.29) is 0 Å². The number of aryl methyl sites for hydroxylation is 1. The van der Waals surface area contributed by atoms with E-state index in [0.717, 1.165) is 29.5 Å². The molecule has 1 heterocycles. The fourth-order valence-corrected chi connectivity index (χ4v) is 1.45. The van der Waals surface area contributed by atoms with Crippen LogP contribution >= 0.6 is 0 Å². The SMILES string of the molecule is Cc1cnc(NCCC2CC2)cc1N. The minimum absolute atomic E-state index is 0.814. The highest BCUT2D eigenvalue weighted by Gasteiger charge is 2.20. The maximum absolute atomic E-state index is 5.78. The van der Waals surface area contributed by atoms with Crippen LogP contribution in [-0.2, 0) is 0 Å². The van der Waals surface area contributed by atoms with Crippen LogP contribution in [0.5, 0.6) is 0 Å². The zero-order valence-electron chi connectivity index (χ0n) is 8.59. The van der Waals surface area contributed by atoms with Crippen LogP contribution in [0.2, 0.25) is 0 Å². The zero-order chi connectivity index (χ0) is 9.97. The normalized spacial score (nSPS) is 15.5.